The van der Waals surface area contributed by atoms with Crippen LogP contribution in [0.2, 0.25) is 0 Å². The van der Waals surface area contributed by atoms with E-state index in [-0.39, 0.29) is 5.70 Å². The molecule has 42 valence electrons. The van der Waals surface area contributed by atoms with Crippen LogP contribution >= 0.6 is 0 Å². The summed E-state index contributed by atoms with van der Waals surface area (Å²) >= 11 is 0. The van der Waals surface area contributed by atoms with Crippen molar-refractivity contribution >= 4 is 6.21 Å². The van der Waals surface area contributed by atoms with E-state index in [1.165, 1.54) is 12.3 Å². The molecular weight excluding hydrogens is 108 g/mol. The van der Waals surface area contributed by atoms with E-state index in [0.29, 0.717) is 6.54 Å². The van der Waals surface area contributed by atoms with Gasteiger partial charge in [0.25, 0.3) is 5.70 Å². The molecule has 0 unspecified atom stereocenters. The molecular formula is C4H4N2O2. The van der Waals surface area contributed by atoms with Crippen molar-refractivity contribution in [2.45, 2.75) is 0 Å². The van der Waals surface area contributed by atoms with Crippen molar-refractivity contribution in [1.82, 2.24) is 0 Å². The summed E-state index contributed by atoms with van der Waals surface area (Å²) < 4.78 is 0. The summed E-state index contributed by atoms with van der Waals surface area (Å²) in [4.78, 5) is 13.0. The highest BCUT2D eigenvalue weighted by atomic mass is 16.6. The Morgan fingerprint density at radius 1 is 1.88 bits per heavy atom. The fourth-order valence-electron chi connectivity index (χ4n) is 0.467. The van der Waals surface area contributed by atoms with Gasteiger partial charge in [0, 0.05) is 6.08 Å². The van der Waals surface area contributed by atoms with E-state index in [1.54, 1.807) is 0 Å². The SMILES string of the molecule is O=[N+]([O-])C1=CCN=C1. The standard InChI is InChI=1S/C4H4N2O2/c7-6(8)4-1-2-5-3-4/h1,3H,2H2. The zero-order valence-electron chi connectivity index (χ0n) is 4.07. The molecule has 0 N–H and O–H groups in total. The minimum absolute atomic E-state index is 0.102. The van der Waals surface area contributed by atoms with Crippen LogP contribution in [0.4, 0.5) is 0 Å². The Labute approximate surface area is 45.7 Å². The van der Waals surface area contributed by atoms with Crippen LogP contribution in [0.1, 0.15) is 0 Å². The summed E-state index contributed by atoms with van der Waals surface area (Å²) in [6.07, 6.45) is 2.74. The number of nitro groups is 1. The van der Waals surface area contributed by atoms with Gasteiger partial charge in [-0.25, -0.2) is 0 Å². The van der Waals surface area contributed by atoms with Crippen molar-refractivity contribution in [1.29, 1.82) is 0 Å². The summed E-state index contributed by atoms with van der Waals surface area (Å²) in [6, 6.07) is 0. The van der Waals surface area contributed by atoms with Crippen molar-refractivity contribution in [3.63, 3.8) is 0 Å². The molecule has 0 aromatic heterocycles. The highest BCUT2D eigenvalue weighted by molar-refractivity contribution is 5.77. The van der Waals surface area contributed by atoms with Crippen LogP contribution in [0.15, 0.2) is 16.8 Å². The van der Waals surface area contributed by atoms with E-state index in [4.69, 9.17) is 0 Å². The Hall–Kier alpha value is -1.19. The van der Waals surface area contributed by atoms with Gasteiger partial charge in [-0.3, -0.25) is 15.1 Å². The zero-order valence-corrected chi connectivity index (χ0v) is 4.07. The van der Waals surface area contributed by atoms with E-state index in [1.807, 2.05) is 0 Å². The van der Waals surface area contributed by atoms with Gasteiger partial charge in [-0.1, -0.05) is 0 Å². The van der Waals surface area contributed by atoms with Gasteiger partial charge < -0.3 is 0 Å². The Balaban J connectivity index is 2.72. The van der Waals surface area contributed by atoms with E-state index >= 15 is 0 Å². The van der Waals surface area contributed by atoms with Crippen molar-refractivity contribution in [2.24, 2.45) is 4.99 Å². The Kier molecular flexibility index (Phi) is 1.07. The predicted molar refractivity (Wildman–Crippen MR) is 28.4 cm³/mol. The summed E-state index contributed by atoms with van der Waals surface area (Å²) in [5.74, 6) is 0. The average Bonchev–Trinajstić information content (AvgIpc) is 2.12. The lowest BCUT2D eigenvalue weighted by Gasteiger charge is -1.79. The normalized spacial score (nSPS) is 16.2. The summed E-state index contributed by atoms with van der Waals surface area (Å²) in [7, 11) is 0. The smallest absolute Gasteiger partial charge is 0.282 e. The second kappa shape index (κ2) is 1.73. The summed E-state index contributed by atoms with van der Waals surface area (Å²) in [6.45, 7) is 0.455. The lowest BCUT2D eigenvalue weighted by Crippen LogP contribution is -1.95. The molecule has 1 rings (SSSR count). The minimum atomic E-state index is -0.448. The number of hydrogen-bond donors (Lipinski definition) is 0. The van der Waals surface area contributed by atoms with E-state index in [9.17, 15) is 10.1 Å². The number of rotatable bonds is 1. The number of hydrogen-bond acceptors (Lipinski definition) is 3. The molecule has 8 heavy (non-hydrogen) atoms. The van der Waals surface area contributed by atoms with Gasteiger partial charge in [0.05, 0.1) is 17.7 Å². The first-order valence-electron chi connectivity index (χ1n) is 2.15. The molecule has 0 aliphatic carbocycles. The third-order valence-electron chi connectivity index (χ3n) is 0.840. The van der Waals surface area contributed by atoms with Crippen LogP contribution in [-0.2, 0) is 0 Å². The van der Waals surface area contributed by atoms with Crippen LogP contribution in [-0.4, -0.2) is 17.7 Å². The fraction of sp³-hybridized carbons (Fsp3) is 0.250. The molecule has 0 saturated carbocycles. The molecule has 0 atom stereocenters. The lowest BCUT2D eigenvalue weighted by molar-refractivity contribution is -0.414. The zero-order chi connectivity index (χ0) is 5.98. The molecule has 0 saturated heterocycles. The maximum atomic E-state index is 9.85. The highest BCUT2D eigenvalue weighted by Gasteiger charge is 2.08. The largest absolute Gasteiger partial charge is 0.284 e. The molecule has 0 amide bonds. The number of allylic oxidation sites excluding steroid dienone is 1. The van der Waals surface area contributed by atoms with Crippen molar-refractivity contribution in [3.05, 3.63) is 21.9 Å². The van der Waals surface area contributed by atoms with Crippen LogP contribution in [0, 0.1) is 10.1 Å². The molecule has 0 spiro atoms. The lowest BCUT2D eigenvalue weighted by atomic mass is 10.5. The average molecular weight is 112 g/mol. The first-order valence-corrected chi connectivity index (χ1v) is 2.15. The first-order chi connectivity index (χ1) is 3.80. The minimum Gasteiger partial charge on any atom is -0.282 e. The quantitative estimate of drug-likeness (QED) is 0.360. The van der Waals surface area contributed by atoms with E-state index in [0.717, 1.165) is 0 Å². The predicted octanol–water partition coefficient (Wildman–Crippen LogP) is 0.231. The van der Waals surface area contributed by atoms with Gasteiger partial charge in [-0.05, 0) is 0 Å². The summed E-state index contributed by atoms with van der Waals surface area (Å²) in [5, 5.41) is 9.85. The van der Waals surface area contributed by atoms with Gasteiger partial charge in [0.1, 0.15) is 0 Å². The van der Waals surface area contributed by atoms with E-state index < -0.39 is 4.92 Å². The van der Waals surface area contributed by atoms with Crippen molar-refractivity contribution in [3.8, 4) is 0 Å². The van der Waals surface area contributed by atoms with Crippen molar-refractivity contribution < 1.29 is 4.92 Å². The molecule has 4 heteroatoms. The fourth-order valence-corrected chi connectivity index (χ4v) is 0.467. The molecule has 0 aromatic rings. The van der Waals surface area contributed by atoms with Gasteiger partial charge in [0.2, 0.25) is 0 Å². The molecule has 0 fully saturated rings. The molecule has 4 nitrogen and oxygen atoms in total. The van der Waals surface area contributed by atoms with Gasteiger partial charge in [0.15, 0.2) is 0 Å². The second-order valence-corrected chi connectivity index (χ2v) is 1.38. The number of nitrogens with zero attached hydrogens (tertiary/aromatic N) is 2. The third kappa shape index (κ3) is 0.726. The maximum absolute atomic E-state index is 9.85. The Morgan fingerprint density at radius 2 is 2.62 bits per heavy atom. The Bertz CT molecular complexity index is 171. The van der Waals surface area contributed by atoms with E-state index in [2.05, 4.69) is 4.99 Å². The molecule has 0 radical (unpaired) electrons. The second-order valence-electron chi connectivity index (χ2n) is 1.38. The maximum Gasteiger partial charge on any atom is 0.284 e. The molecule has 1 aliphatic heterocycles. The highest BCUT2D eigenvalue weighted by Crippen LogP contribution is 1.97. The van der Waals surface area contributed by atoms with Gasteiger partial charge in [-0.2, -0.15) is 0 Å². The third-order valence-corrected chi connectivity index (χ3v) is 0.840. The van der Waals surface area contributed by atoms with Crippen LogP contribution in [0.25, 0.3) is 0 Å². The van der Waals surface area contributed by atoms with Gasteiger partial charge >= 0.3 is 0 Å². The molecule has 1 aliphatic rings. The molecule has 0 bridgehead atoms. The summed E-state index contributed by atoms with van der Waals surface area (Å²) in [5.41, 5.74) is 0.102. The monoisotopic (exact) mass is 112 g/mol. The van der Waals surface area contributed by atoms with Crippen molar-refractivity contribution in [2.75, 3.05) is 6.54 Å². The first kappa shape index (κ1) is 4.96. The van der Waals surface area contributed by atoms with Crippen LogP contribution in [0.5, 0.6) is 0 Å². The van der Waals surface area contributed by atoms with Crippen LogP contribution in [0.3, 0.4) is 0 Å². The molecule has 1 heterocycles. The number of aliphatic imine (C=N–C) groups is 1. The topological polar surface area (TPSA) is 55.5 Å². The molecule has 0 aromatic carbocycles. The van der Waals surface area contributed by atoms with Crippen LogP contribution < -0.4 is 0 Å². The van der Waals surface area contributed by atoms with Gasteiger partial charge in [-0.15, -0.1) is 0 Å². The Morgan fingerprint density at radius 3 is 2.88 bits per heavy atom.